The first kappa shape index (κ1) is 17.2. The average Bonchev–Trinajstić information content (AvgIpc) is 2.98. The lowest BCUT2D eigenvalue weighted by Gasteiger charge is -2.41. The molecule has 1 fully saturated rings. The van der Waals surface area contributed by atoms with Gasteiger partial charge in [0.1, 0.15) is 5.82 Å². The summed E-state index contributed by atoms with van der Waals surface area (Å²) in [5.41, 5.74) is 1.18. The van der Waals surface area contributed by atoms with Gasteiger partial charge in [-0.15, -0.1) is 11.3 Å². The highest BCUT2D eigenvalue weighted by Gasteiger charge is 2.24. The summed E-state index contributed by atoms with van der Waals surface area (Å²) in [6.07, 6.45) is 2.11. The third-order valence-corrected chi connectivity index (χ3v) is 5.48. The monoisotopic (exact) mass is 349 g/mol. The van der Waals surface area contributed by atoms with E-state index in [4.69, 9.17) is 0 Å². The van der Waals surface area contributed by atoms with Gasteiger partial charge >= 0.3 is 0 Å². The Hall–Kier alpha value is -1.66. The molecule has 1 aromatic heterocycles. The van der Waals surface area contributed by atoms with Crippen molar-refractivity contribution in [2.75, 3.05) is 37.6 Å². The van der Waals surface area contributed by atoms with Gasteiger partial charge in [-0.2, -0.15) is 0 Å². The lowest BCUT2D eigenvalue weighted by Crippen LogP contribution is -2.55. The maximum absolute atomic E-state index is 13.4. The maximum Gasteiger partial charge on any atom is 0.233 e. The Kier molecular flexibility index (Phi) is 5.36. The van der Waals surface area contributed by atoms with Crippen LogP contribution in [0.3, 0.4) is 0 Å². The predicted molar refractivity (Wildman–Crippen MR) is 97.9 cm³/mol. The number of amides is 1. The number of benzene rings is 1. The van der Waals surface area contributed by atoms with E-state index in [1.54, 1.807) is 24.3 Å². The fraction of sp³-hybridized carbons (Fsp3) is 0.500. The number of hydrogen-bond donors (Lipinski definition) is 0. The van der Waals surface area contributed by atoms with Crippen LogP contribution in [0.1, 0.15) is 26.7 Å². The Morgan fingerprint density at radius 1 is 1.29 bits per heavy atom. The van der Waals surface area contributed by atoms with Crippen LogP contribution in [-0.2, 0) is 4.79 Å². The van der Waals surface area contributed by atoms with E-state index in [-0.39, 0.29) is 11.7 Å². The van der Waals surface area contributed by atoms with Crippen molar-refractivity contribution in [2.24, 2.45) is 0 Å². The lowest BCUT2D eigenvalue weighted by atomic mass is 10.2. The van der Waals surface area contributed by atoms with Crippen LogP contribution in [0.25, 0.3) is 10.1 Å². The summed E-state index contributed by atoms with van der Waals surface area (Å²) in [5, 5.41) is 7.29. The minimum atomic E-state index is -0.186. The van der Waals surface area contributed by atoms with Gasteiger partial charge in [0.2, 0.25) is 5.91 Å². The van der Waals surface area contributed by atoms with E-state index in [9.17, 15) is 9.18 Å². The number of rotatable bonds is 5. The highest BCUT2D eigenvalue weighted by atomic mass is 32.1. The van der Waals surface area contributed by atoms with E-state index in [0.717, 1.165) is 55.7 Å². The number of fused-ring (bicyclic) bond motifs is 1. The third-order valence-electron chi connectivity index (χ3n) is 4.54. The van der Waals surface area contributed by atoms with Crippen molar-refractivity contribution >= 4 is 33.0 Å². The largest absolute Gasteiger partial charge is 0.368 e. The molecule has 0 atom stereocenters. The van der Waals surface area contributed by atoms with E-state index in [0.29, 0.717) is 0 Å². The van der Waals surface area contributed by atoms with Gasteiger partial charge in [0.05, 0.1) is 5.69 Å². The number of unbranched alkanes of at least 4 members (excludes halogenated alkanes) is 1. The highest BCUT2D eigenvalue weighted by Crippen LogP contribution is 2.34. The van der Waals surface area contributed by atoms with Crippen LogP contribution >= 0.6 is 11.3 Å². The number of nitrogens with zero attached hydrogens (tertiary/aromatic N) is 3. The average molecular weight is 349 g/mol. The van der Waals surface area contributed by atoms with Gasteiger partial charge in [-0.25, -0.2) is 9.40 Å². The summed E-state index contributed by atoms with van der Waals surface area (Å²) in [6, 6.07) is 4.99. The molecule has 0 bridgehead atoms. The second kappa shape index (κ2) is 7.49. The fourth-order valence-electron chi connectivity index (χ4n) is 3.22. The molecule has 0 radical (unpaired) electrons. The number of carbonyl (C=O) groups excluding carboxylic acids is 1. The van der Waals surface area contributed by atoms with E-state index in [2.05, 4.69) is 22.2 Å². The predicted octanol–water partition coefficient (Wildman–Crippen LogP) is 3.73. The molecule has 2 heterocycles. The molecule has 0 saturated carbocycles. The maximum atomic E-state index is 13.4. The molecule has 6 heteroatoms. The summed E-state index contributed by atoms with van der Waals surface area (Å²) in [7, 11) is 0. The summed E-state index contributed by atoms with van der Waals surface area (Å²) < 4.78 is 14.3. The molecule has 1 amide bonds. The Bertz CT molecular complexity index is 709. The molecule has 2 aromatic rings. The lowest BCUT2D eigenvalue weighted by molar-refractivity contribution is -0.147. The van der Waals surface area contributed by atoms with Crippen LogP contribution in [0, 0.1) is 5.82 Å². The van der Waals surface area contributed by atoms with Gasteiger partial charge < -0.3 is 4.90 Å². The number of thiophene rings is 1. The molecular weight excluding hydrogens is 325 g/mol. The van der Waals surface area contributed by atoms with Crippen molar-refractivity contribution in [3.63, 3.8) is 0 Å². The van der Waals surface area contributed by atoms with Gasteiger partial charge in [-0.1, -0.05) is 13.3 Å². The number of halogens is 1. The first-order valence-electron chi connectivity index (χ1n) is 8.55. The van der Waals surface area contributed by atoms with E-state index >= 15 is 0 Å². The summed E-state index contributed by atoms with van der Waals surface area (Å²) in [4.78, 5) is 14.2. The molecule has 4 nitrogen and oxygen atoms in total. The molecule has 1 saturated heterocycles. The number of carbonyl (C=O) groups is 1. The smallest absolute Gasteiger partial charge is 0.233 e. The summed E-state index contributed by atoms with van der Waals surface area (Å²) in [5.74, 6) is -0.0675. The molecule has 1 aromatic carbocycles. The Labute approximate surface area is 146 Å². The van der Waals surface area contributed by atoms with Crippen LogP contribution in [0.15, 0.2) is 23.6 Å². The topological polar surface area (TPSA) is 26.8 Å². The number of anilines is 1. The Morgan fingerprint density at radius 3 is 2.71 bits per heavy atom. The second-order valence-corrected chi connectivity index (χ2v) is 7.11. The normalized spacial score (nSPS) is 15.9. The fourth-order valence-corrected chi connectivity index (χ4v) is 4.21. The third kappa shape index (κ3) is 3.54. The summed E-state index contributed by atoms with van der Waals surface area (Å²) >= 11 is 1.59. The van der Waals surface area contributed by atoms with Crippen LogP contribution in [0.5, 0.6) is 0 Å². The Morgan fingerprint density at radius 2 is 2.04 bits per heavy atom. The molecule has 24 heavy (non-hydrogen) atoms. The van der Waals surface area contributed by atoms with Crippen molar-refractivity contribution in [1.29, 1.82) is 0 Å². The zero-order chi connectivity index (χ0) is 17.1. The van der Waals surface area contributed by atoms with Crippen molar-refractivity contribution in [2.45, 2.75) is 26.7 Å². The molecule has 3 rings (SSSR count). The standard InChI is InChI=1S/C18H24FN3OS/c1-3-4-7-22(14(2)23)21-10-8-20(9-11-21)17-13-24-18-12-15(19)5-6-16(17)18/h5-6,12-13H,3-4,7-11H2,1-2H3. The quantitative estimate of drug-likeness (QED) is 0.823. The highest BCUT2D eigenvalue weighted by molar-refractivity contribution is 7.17. The van der Waals surface area contributed by atoms with E-state index in [1.807, 2.05) is 11.1 Å². The van der Waals surface area contributed by atoms with Gasteiger partial charge in [0, 0.05) is 55.1 Å². The van der Waals surface area contributed by atoms with E-state index < -0.39 is 0 Å². The second-order valence-electron chi connectivity index (χ2n) is 6.20. The van der Waals surface area contributed by atoms with Crippen molar-refractivity contribution in [3.05, 3.63) is 29.4 Å². The summed E-state index contributed by atoms with van der Waals surface area (Å²) in [6.45, 7) is 8.00. The van der Waals surface area contributed by atoms with Crippen LogP contribution < -0.4 is 4.90 Å². The number of hydrazine groups is 1. The number of piperazine rings is 1. The van der Waals surface area contributed by atoms with Crippen LogP contribution in [0.2, 0.25) is 0 Å². The minimum Gasteiger partial charge on any atom is -0.368 e. The molecule has 0 aliphatic carbocycles. The van der Waals surface area contributed by atoms with Gasteiger partial charge in [-0.3, -0.25) is 9.80 Å². The Balaban J connectivity index is 1.68. The van der Waals surface area contributed by atoms with Crippen molar-refractivity contribution < 1.29 is 9.18 Å². The molecule has 0 N–H and O–H groups in total. The van der Waals surface area contributed by atoms with Crippen LogP contribution in [0.4, 0.5) is 10.1 Å². The van der Waals surface area contributed by atoms with Gasteiger partial charge in [0.15, 0.2) is 0 Å². The molecular formula is C18H24FN3OS. The zero-order valence-corrected chi connectivity index (χ0v) is 15.1. The van der Waals surface area contributed by atoms with Crippen LogP contribution in [-0.4, -0.2) is 48.6 Å². The first-order chi connectivity index (χ1) is 11.6. The van der Waals surface area contributed by atoms with Gasteiger partial charge in [0.25, 0.3) is 0 Å². The van der Waals surface area contributed by atoms with E-state index in [1.165, 1.54) is 11.8 Å². The molecule has 1 aliphatic heterocycles. The van der Waals surface area contributed by atoms with Crippen molar-refractivity contribution in [3.8, 4) is 0 Å². The first-order valence-corrected chi connectivity index (χ1v) is 9.42. The van der Waals surface area contributed by atoms with Crippen molar-refractivity contribution in [1.82, 2.24) is 10.0 Å². The molecule has 0 spiro atoms. The zero-order valence-electron chi connectivity index (χ0n) is 14.3. The minimum absolute atomic E-state index is 0.119. The number of hydrogen-bond acceptors (Lipinski definition) is 4. The SMILES string of the molecule is CCCCN(C(C)=O)N1CCN(c2csc3cc(F)ccc23)CC1. The molecule has 1 aliphatic rings. The van der Waals surface area contributed by atoms with Gasteiger partial charge in [-0.05, 0) is 24.6 Å². The molecule has 130 valence electrons. The molecule has 0 unspecified atom stereocenters.